The minimum Gasteiger partial charge on any atom is -0.497 e. The molecule has 0 spiro atoms. The van der Waals surface area contributed by atoms with Crippen molar-refractivity contribution in [3.8, 4) is 5.75 Å². The smallest absolute Gasteiger partial charge is 0.319 e. The first-order chi connectivity index (χ1) is 12.5. The van der Waals surface area contributed by atoms with Crippen molar-refractivity contribution in [1.29, 1.82) is 0 Å². The summed E-state index contributed by atoms with van der Waals surface area (Å²) >= 11 is 0. The van der Waals surface area contributed by atoms with Gasteiger partial charge in [-0.1, -0.05) is 12.1 Å². The first-order valence-electron chi connectivity index (χ1n) is 8.56. The second-order valence-corrected chi connectivity index (χ2v) is 6.45. The molecule has 6 heteroatoms. The Morgan fingerprint density at radius 1 is 1.15 bits per heavy atom. The van der Waals surface area contributed by atoms with Gasteiger partial charge in [0, 0.05) is 24.3 Å². The Kier molecular flexibility index (Phi) is 5.11. The number of urea groups is 1. The van der Waals surface area contributed by atoms with Crippen molar-refractivity contribution in [3.05, 3.63) is 53.6 Å². The molecule has 6 nitrogen and oxygen atoms in total. The molecule has 0 aromatic heterocycles. The van der Waals surface area contributed by atoms with Crippen molar-refractivity contribution in [1.82, 2.24) is 5.32 Å². The van der Waals surface area contributed by atoms with Crippen molar-refractivity contribution in [2.24, 2.45) is 0 Å². The second-order valence-electron chi connectivity index (χ2n) is 6.45. The van der Waals surface area contributed by atoms with Gasteiger partial charge in [-0.05, 0) is 55.3 Å². The quantitative estimate of drug-likeness (QED) is 0.886. The van der Waals surface area contributed by atoms with Crippen LogP contribution >= 0.6 is 0 Å². The molecule has 2 N–H and O–H groups in total. The highest BCUT2D eigenvalue weighted by atomic mass is 16.5. The summed E-state index contributed by atoms with van der Waals surface area (Å²) in [7, 11) is 1.60. The van der Waals surface area contributed by atoms with Crippen molar-refractivity contribution < 1.29 is 14.3 Å². The molecule has 1 atom stereocenters. The average molecular weight is 353 g/mol. The molecule has 136 valence electrons. The third-order valence-corrected chi connectivity index (χ3v) is 4.70. The molecule has 3 rings (SSSR count). The lowest BCUT2D eigenvalue weighted by Crippen LogP contribution is -2.39. The van der Waals surface area contributed by atoms with Crippen LogP contribution in [0.2, 0.25) is 0 Å². The monoisotopic (exact) mass is 353 g/mol. The van der Waals surface area contributed by atoms with E-state index >= 15 is 0 Å². The van der Waals surface area contributed by atoms with Crippen LogP contribution in [0.25, 0.3) is 0 Å². The Labute approximate surface area is 153 Å². The van der Waals surface area contributed by atoms with Gasteiger partial charge in [0.05, 0.1) is 13.2 Å². The fraction of sp³-hybridized carbons (Fsp3) is 0.300. The third kappa shape index (κ3) is 3.79. The van der Waals surface area contributed by atoms with Gasteiger partial charge >= 0.3 is 6.03 Å². The maximum absolute atomic E-state index is 12.3. The Hall–Kier alpha value is -3.02. The van der Waals surface area contributed by atoms with E-state index in [0.29, 0.717) is 6.54 Å². The van der Waals surface area contributed by atoms with Crippen molar-refractivity contribution in [2.45, 2.75) is 26.3 Å². The summed E-state index contributed by atoms with van der Waals surface area (Å²) in [6, 6.07) is 12.6. The Morgan fingerprint density at radius 3 is 2.58 bits per heavy atom. The van der Waals surface area contributed by atoms with Gasteiger partial charge in [-0.15, -0.1) is 0 Å². The van der Waals surface area contributed by atoms with E-state index in [1.807, 2.05) is 56.3 Å². The minimum absolute atomic E-state index is 0.00722. The molecule has 3 amide bonds. The van der Waals surface area contributed by atoms with Crippen LogP contribution in [0.5, 0.6) is 5.75 Å². The molecule has 1 heterocycles. The van der Waals surface area contributed by atoms with Crippen LogP contribution in [0.1, 0.15) is 17.5 Å². The molecule has 1 saturated heterocycles. The van der Waals surface area contributed by atoms with E-state index in [9.17, 15) is 9.59 Å². The van der Waals surface area contributed by atoms with Crippen LogP contribution in [-0.2, 0) is 4.79 Å². The van der Waals surface area contributed by atoms with Gasteiger partial charge in [0.15, 0.2) is 0 Å². The molecular weight excluding hydrogens is 330 g/mol. The van der Waals surface area contributed by atoms with Gasteiger partial charge in [0.25, 0.3) is 0 Å². The summed E-state index contributed by atoms with van der Waals surface area (Å²) in [5.41, 5.74) is 3.73. The van der Waals surface area contributed by atoms with Crippen LogP contribution in [0.4, 0.5) is 16.2 Å². The first-order valence-corrected chi connectivity index (χ1v) is 8.56. The van der Waals surface area contributed by atoms with Crippen LogP contribution in [0.3, 0.4) is 0 Å². The van der Waals surface area contributed by atoms with E-state index in [2.05, 4.69) is 10.6 Å². The normalized spacial score (nSPS) is 16.5. The van der Waals surface area contributed by atoms with Crippen LogP contribution < -0.4 is 20.3 Å². The lowest BCUT2D eigenvalue weighted by Gasteiger charge is -2.18. The SMILES string of the molecule is COc1ccc(N2C[C@@H](NC(=O)Nc3cccc(C)c3C)CC2=O)cc1. The zero-order valence-electron chi connectivity index (χ0n) is 15.2. The first kappa shape index (κ1) is 17.8. The van der Waals surface area contributed by atoms with E-state index in [1.165, 1.54) is 0 Å². The molecule has 2 aromatic rings. The van der Waals surface area contributed by atoms with Crippen molar-refractivity contribution in [2.75, 3.05) is 23.9 Å². The van der Waals surface area contributed by atoms with Gasteiger partial charge in [-0.3, -0.25) is 4.79 Å². The summed E-state index contributed by atoms with van der Waals surface area (Å²) in [6.07, 6.45) is 0.284. The van der Waals surface area contributed by atoms with E-state index in [-0.39, 0.29) is 24.4 Å². The van der Waals surface area contributed by atoms with Crippen LogP contribution in [0.15, 0.2) is 42.5 Å². The molecule has 0 saturated carbocycles. The lowest BCUT2D eigenvalue weighted by atomic mass is 10.1. The molecule has 2 aromatic carbocycles. The molecule has 0 aliphatic carbocycles. The maximum Gasteiger partial charge on any atom is 0.319 e. The van der Waals surface area contributed by atoms with Gasteiger partial charge in [-0.2, -0.15) is 0 Å². The number of carbonyl (C=O) groups is 2. The number of hydrogen-bond acceptors (Lipinski definition) is 3. The summed E-state index contributed by atoms with van der Waals surface area (Å²) < 4.78 is 5.14. The summed E-state index contributed by atoms with van der Waals surface area (Å²) in [4.78, 5) is 26.3. The zero-order valence-corrected chi connectivity index (χ0v) is 15.2. The van der Waals surface area contributed by atoms with Crippen LogP contribution in [-0.4, -0.2) is 31.6 Å². The highest BCUT2D eigenvalue weighted by molar-refractivity contribution is 5.97. The third-order valence-electron chi connectivity index (χ3n) is 4.70. The largest absolute Gasteiger partial charge is 0.497 e. The number of methoxy groups -OCH3 is 1. The highest BCUT2D eigenvalue weighted by Gasteiger charge is 2.31. The maximum atomic E-state index is 12.3. The second kappa shape index (κ2) is 7.47. The number of carbonyl (C=O) groups excluding carboxylic acids is 2. The van der Waals surface area contributed by atoms with Gasteiger partial charge < -0.3 is 20.3 Å². The molecule has 0 unspecified atom stereocenters. The van der Waals surface area contributed by atoms with Gasteiger partial charge in [0.2, 0.25) is 5.91 Å². The van der Waals surface area contributed by atoms with E-state index in [1.54, 1.807) is 12.0 Å². The standard InChI is InChI=1S/C20H23N3O3/c1-13-5-4-6-18(14(13)2)22-20(25)21-15-11-19(24)23(12-15)16-7-9-17(26-3)10-8-16/h4-10,15H,11-12H2,1-3H3,(H2,21,22,25)/t15-/m0/s1. The topological polar surface area (TPSA) is 70.7 Å². The highest BCUT2D eigenvalue weighted by Crippen LogP contribution is 2.24. The average Bonchev–Trinajstić information content (AvgIpc) is 2.99. The molecule has 0 bridgehead atoms. The molecule has 0 radical (unpaired) electrons. The predicted octanol–water partition coefficient (Wildman–Crippen LogP) is 3.24. The number of aryl methyl sites for hydroxylation is 1. The van der Waals surface area contributed by atoms with Crippen molar-refractivity contribution in [3.63, 3.8) is 0 Å². The Balaban J connectivity index is 1.61. The summed E-state index contributed by atoms with van der Waals surface area (Å²) in [5, 5.41) is 5.76. The fourth-order valence-corrected chi connectivity index (χ4v) is 3.05. The molecule has 1 fully saturated rings. The van der Waals surface area contributed by atoms with E-state index in [4.69, 9.17) is 4.74 Å². The number of anilines is 2. The number of nitrogens with one attached hydrogen (secondary N) is 2. The Bertz CT molecular complexity index is 818. The number of hydrogen-bond donors (Lipinski definition) is 2. The summed E-state index contributed by atoms with van der Waals surface area (Å²) in [5.74, 6) is 0.732. The Morgan fingerprint density at radius 2 is 1.88 bits per heavy atom. The van der Waals surface area contributed by atoms with Crippen molar-refractivity contribution >= 4 is 23.3 Å². The number of benzene rings is 2. The minimum atomic E-state index is -0.298. The number of ether oxygens (including phenoxy) is 1. The number of nitrogens with zero attached hydrogens (tertiary/aromatic N) is 1. The van der Waals surface area contributed by atoms with E-state index < -0.39 is 0 Å². The zero-order chi connectivity index (χ0) is 18.7. The van der Waals surface area contributed by atoms with Crippen LogP contribution in [0, 0.1) is 13.8 Å². The lowest BCUT2D eigenvalue weighted by molar-refractivity contribution is -0.117. The van der Waals surface area contributed by atoms with Gasteiger partial charge in [-0.25, -0.2) is 4.79 Å². The number of rotatable bonds is 4. The molecule has 1 aliphatic rings. The molecule has 26 heavy (non-hydrogen) atoms. The summed E-state index contributed by atoms with van der Waals surface area (Å²) in [6.45, 7) is 4.42. The number of amides is 3. The fourth-order valence-electron chi connectivity index (χ4n) is 3.05. The molecular formula is C20H23N3O3. The van der Waals surface area contributed by atoms with Gasteiger partial charge in [0.1, 0.15) is 5.75 Å². The van der Waals surface area contributed by atoms with E-state index in [0.717, 1.165) is 28.3 Å². The predicted molar refractivity (Wildman–Crippen MR) is 102 cm³/mol. The molecule has 1 aliphatic heterocycles.